The Balaban J connectivity index is 1.75. The minimum Gasteiger partial charge on any atom is -0.389 e. The molecule has 0 saturated heterocycles. The molecule has 0 aromatic carbocycles. The van der Waals surface area contributed by atoms with Gasteiger partial charge in [0.25, 0.3) is 0 Å². The monoisotopic (exact) mass is 286 g/mol. The fourth-order valence-electron chi connectivity index (χ4n) is 1.55. The quantitative estimate of drug-likeness (QED) is 0.887. The molecule has 2 aromatic heterocycles. The van der Waals surface area contributed by atoms with Crippen molar-refractivity contribution < 1.29 is 9.84 Å². The number of aliphatic hydroxyl groups excluding tert-OH is 1. The Morgan fingerprint density at radius 1 is 1.61 bits per heavy atom. The summed E-state index contributed by atoms with van der Waals surface area (Å²) in [6, 6.07) is 3.99. The van der Waals surface area contributed by atoms with Crippen LogP contribution in [-0.4, -0.2) is 27.6 Å². The Morgan fingerprint density at radius 3 is 3.06 bits per heavy atom. The van der Waals surface area contributed by atoms with Crippen LogP contribution in [0.1, 0.15) is 10.6 Å². The van der Waals surface area contributed by atoms with E-state index in [1.165, 1.54) is 0 Å². The van der Waals surface area contributed by atoms with Gasteiger partial charge in [-0.15, -0.1) is 11.3 Å². The zero-order valence-corrected chi connectivity index (χ0v) is 11.6. The molecule has 0 amide bonds. The van der Waals surface area contributed by atoms with Crippen LogP contribution in [0.25, 0.3) is 0 Å². The molecule has 2 aromatic rings. The van der Waals surface area contributed by atoms with E-state index >= 15 is 0 Å². The van der Waals surface area contributed by atoms with E-state index in [-0.39, 0.29) is 6.61 Å². The van der Waals surface area contributed by atoms with Gasteiger partial charge >= 0.3 is 0 Å². The van der Waals surface area contributed by atoms with Crippen LogP contribution in [0.15, 0.2) is 23.7 Å². The summed E-state index contributed by atoms with van der Waals surface area (Å²) in [4.78, 5) is 1.15. The number of ether oxygens (including phenoxy) is 1. The van der Waals surface area contributed by atoms with Crippen LogP contribution in [0, 0.1) is 6.92 Å². The van der Waals surface area contributed by atoms with E-state index in [9.17, 15) is 5.11 Å². The van der Waals surface area contributed by atoms with Gasteiger partial charge in [0, 0.05) is 4.88 Å². The second-order valence-corrected chi connectivity index (χ2v) is 5.45. The first kappa shape index (κ1) is 13.5. The number of aromatic nitrogens is 2. The number of nitrogens with zero attached hydrogens (tertiary/aromatic N) is 2. The highest BCUT2D eigenvalue weighted by Crippen LogP contribution is 2.14. The average molecular weight is 287 g/mol. The van der Waals surface area contributed by atoms with Gasteiger partial charge in [0.15, 0.2) is 0 Å². The SMILES string of the molecule is Cc1c(Cl)cnn1C[C@H](O)COCc1cccs1. The highest BCUT2D eigenvalue weighted by atomic mass is 35.5. The molecule has 0 aliphatic carbocycles. The van der Waals surface area contributed by atoms with Gasteiger partial charge in [-0.2, -0.15) is 5.10 Å². The van der Waals surface area contributed by atoms with E-state index in [4.69, 9.17) is 16.3 Å². The van der Waals surface area contributed by atoms with Crippen LogP contribution in [0.2, 0.25) is 5.02 Å². The minimum atomic E-state index is -0.584. The number of halogens is 1. The van der Waals surface area contributed by atoms with E-state index < -0.39 is 6.10 Å². The zero-order chi connectivity index (χ0) is 13.0. The van der Waals surface area contributed by atoms with Gasteiger partial charge in [-0.1, -0.05) is 17.7 Å². The number of hydrogen-bond donors (Lipinski definition) is 1. The van der Waals surface area contributed by atoms with Crippen molar-refractivity contribution in [2.45, 2.75) is 26.2 Å². The molecule has 98 valence electrons. The fourth-order valence-corrected chi connectivity index (χ4v) is 2.33. The van der Waals surface area contributed by atoms with Crippen molar-refractivity contribution >= 4 is 22.9 Å². The first-order chi connectivity index (χ1) is 8.66. The molecule has 0 fully saturated rings. The lowest BCUT2D eigenvalue weighted by atomic mass is 10.3. The van der Waals surface area contributed by atoms with Crippen molar-refractivity contribution in [2.75, 3.05) is 6.61 Å². The average Bonchev–Trinajstić information content (AvgIpc) is 2.95. The van der Waals surface area contributed by atoms with Gasteiger partial charge in [-0.25, -0.2) is 0 Å². The summed E-state index contributed by atoms with van der Waals surface area (Å²) in [5.41, 5.74) is 0.856. The van der Waals surface area contributed by atoms with Crippen LogP contribution < -0.4 is 0 Å². The lowest BCUT2D eigenvalue weighted by Crippen LogP contribution is -2.23. The maximum Gasteiger partial charge on any atom is 0.0969 e. The van der Waals surface area contributed by atoms with E-state index in [1.807, 2.05) is 24.4 Å². The van der Waals surface area contributed by atoms with Crippen molar-refractivity contribution in [3.63, 3.8) is 0 Å². The maximum absolute atomic E-state index is 9.84. The predicted molar refractivity (Wildman–Crippen MR) is 72.0 cm³/mol. The predicted octanol–water partition coefficient (Wildman–Crippen LogP) is 2.48. The fraction of sp³-hybridized carbons (Fsp3) is 0.417. The molecule has 0 saturated carbocycles. The Labute approximate surface area is 115 Å². The van der Waals surface area contributed by atoms with Crippen molar-refractivity contribution in [1.29, 1.82) is 0 Å². The second-order valence-electron chi connectivity index (χ2n) is 4.01. The summed E-state index contributed by atoms with van der Waals surface area (Å²) < 4.78 is 7.13. The van der Waals surface area contributed by atoms with E-state index in [1.54, 1.807) is 22.2 Å². The van der Waals surface area contributed by atoms with Crippen molar-refractivity contribution in [2.24, 2.45) is 0 Å². The van der Waals surface area contributed by atoms with Gasteiger partial charge in [0.05, 0.1) is 42.8 Å². The smallest absolute Gasteiger partial charge is 0.0969 e. The molecule has 2 heterocycles. The number of rotatable bonds is 6. The lowest BCUT2D eigenvalue weighted by Gasteiger charge is -2.12. The van der Waals surface area contributed by atoms with Gasteiger partial charge in [-0.05, 0) is 18.4 Å². The second kappa shape index (κ2) is 6.33. The topological polar surface area (TPSA) is 47.3 Å². The third-order valence-electron chi connectivity index (χ3n) is 2.56. The largest absolute Gasteiger partial charge is 0.389 e. The number of thiophene rings is 1. The molecule has 0 bridgehead atoms. The Hall–Kier alpha value is -0.880. The molecule has 0 radical (unpaired) electrons. The summed E-state index contributed by atoms with van der Waals surface area (Å²) in [7, 11) is 0. The highest BCUT2D eigenvalue weighted by molar-refractivity contribution is 7.09. The molecule has 0 spiro atoms. The zero-order valence-electron chi connectivity index (χ0n) is 10.0. The standard InChI is InChI=1S/C12H15ClN2O2S/c1-9-12(13)5-14-15(9)6-10(16)7-17-8-11-3-2-4-18-11/h2-5,10,16H,6-8H2,1H3/t10-/m0/s1. The molecule has 0 aliphatic heterocycles. The van der Waals surface area contributed by atoms with Gasteiger partial charge in [-0.3, -0.25) is 4.68 Å². The first-order valence-corrected chi connectivity index (χ1v) is 6.88. The Kier molecular flexibility index (Phi) is 4.77. The van der Waals surface area contributed by atoms with Crippen molar-refractivity contribution in [3.8, 4) is 0 Å². The molecular formula is C12H15ClN2O2S. The molecule has 1 N–H and O–H groups in total. The van der Waals surface area contributed by atoms with Crippen LogP contribution in [0.5, 0.6) is 0 Å². The molecule has 0 aliphatic rings. The summed E-state index contributed by atoms with van der Waals surface area (Å²) >= 11 is 7.53. The molecule has 6 heteroatoms. The lowest BCUT2D eigenvalue weighted by molar-refractivity contribution is 0.0193. The third kappa shape index (κ3) is 3.55. The van der Waals surface area contributed by atoms with E-state index in [0.717, 1.165) is 10.6 Å². The summed E-state index contributed by atoms with van der Waals surface area (Å²) in [6.45, 7) is 3.08. The van der Waals surface area contributed by atoms with Crippen molar-refractivity contribution in [3.05, 3.63) is 39.3 Å². The molecule has 18 heavy (non-hydrogen) atoms. The van der Waals surface area contributed by atoms with E-state index in [0.29, 0.717) is 18.2 Å². The molecule has 1 atom stereocenters. The first-order valence-electron chi connectivity index (χ1n) is 5.63. The van der Waals surface area contributed by atoms with Gasteiger partial charge in [0.1, 0.15) is 0 Å². The minimum absolute atomic E-state index is 0.287. The molecule has 4 nitrogen and oxygen atoms in total. The summed E-state index contributed by atoms with van der Waals surface area (Å²) in [6.07, 6.45) is 0.996. The van der Waals surface area contributed by atoms with Crippen molar-refractivity contribution in [1.82, 2.24) is 9.78 Å². The Bertz CT molecular complexity index is 484. The summed E-state index contributed by atoms with van der Waals surface area (Å²) in [5, 5.41) is 16.5. The van der Waals surface area contributed by atoms with Crippen LogP contribution >= 0.6 is 22.9 Å². The maximum atomic E-state index is 9.84. The van der Waals surface area contributed by atoms with E-state index in [2.05, 4.69) is 5.10 Å². The summed E-state index contributed by atoms with van der Waals surface area (Å²) in [5.74, 6) is 0. The molecular weight excluding hydrogens is 272 g/mol. The van der Waals surface area contributed by atoms with Crippen LogP contribution in [0.3, 0.4) is 0 Å². The number of hydrogen-bond acceptors (Lipinski definition) is 4. The highest BCUT2D eigenvalue weighted by Gasteiger charge is 2.10. The molecule has 0 unspecified atom stereocenters. The molecule has 2 rings (SSSR count). The number of aliphatic hydroxyl groups is 1. The van der Waals surface area contributed by atoms with Crippen LogP contribution in [-0.2, 0) is 17.9 Å². The van der Waals surface area contributed by atoms with Crippen LogP contribution in [0.4, 0.5) is 0 Å². The normalized spacial score (nSPS) is 12.8. The van der Waals surface area contributed by atoms with Gasteiger partial charge in [0.2, 0.25) is 0 Å². The third-order valence-corrected chi connectivity index (χ3v) is 3.78. The Morgan fingerprint density at radius 2 is 2.44 bits per heavy atom. The van der Waals surface area contributed by atoms with Gasteiger partial charge < -0.3 is 9.84 Å².